The van der Waals surface area contributed by atoms with Crippen molar-refractivity contribution < 1.29 is 4.79 Å². The number of nitrogens with two attached hydrogens (primary N) is 1. The van der Waals surface area contributed by atoms with Gasteiger partial charge in [-0.3, -0.25) is 4.79 Å². The number of nitrogen functional groups attached to an aromatic ring is 1. The molecular formula is C14H12BrN3OS2. The maximum Gasteiger partial charge on any atom is 0.263 e. The minimum Gasteiger partial charge on any atom is -0.397 e. The normalized spacial score (nSPS) is 11.0. The van der Waals surface area contributed by atoms with Gasteiger partial charge in [-0.05, 0) is 25.1 Å². The van der Waals surface area contributed by atoms with Gasteiger partial charge in [0.15, 0.2) is 0 Å². The van der Waals surface area contributed by atoms with Crippen molar-refractivity contribution in [1.82, 2.24) is 10.3 Å². The van der Waals surface area contributed by atoms with E-state index >= 15 is 0 Å². The van der Waals surface area contributed by atoms with Gasteiger partial charge in [-0.2, -0.15) is 0 Å². The molecule has 3 rings (SSSR count). The molecule has 0 bridgehead atoms. The quantitative estimate of drug-likeness (QED) is 0.721. The molecule has 0 spiro atoms. The summed E-state index contributed by atoms with van der Waals surface area (Å²) >= 11 is 6.40. The van der Waals surface area contributed by atoms with Crippen LogP contribution in [0.1, 0.15) is 19.6 Å². The lowest BCUT2D eigenvalue weighted by Crippen LogP contribution is -2.22. The van der Waals surface area contributed by atoms with Gasteiger partial charge >= 0.3 is 0 Å². The van der Waals surface area contributed by atoms with Gasteiger partial charge < -0.3 is 11.1 Å². The molecule has 108 valence electrons. The van der Waals surface area contributed by atoms with Crippen molar-refractivity contribution in [2.75, 3.05) is 5.73 Å². The van der Waals surface area contributed by atoms with Gasteiger partial charge in [0.1, 0.15) is 9.88 Å². The van der Waals surface area contributed by atoms with Crippen LogP contribution >= 0.6 is 38.6 Å². The third kappa shape index (κ3) is 2.95. The molecule has 0 saturated heterocycles. The van der Waals surface area contributed by atoms with Gasteiger partial charge in [0, 0.05) is 25.6 Å². The largest absolute Gasteiger partial charge is 0.397 e. The third-order valence-electron chi connectivity index (χ3n) is 2.96. The van der Waals surface area contributed by atoms with E-state index in [0.29, 0.717) is 17.1 Å². The van der Waals surface area contributed by atoms with Gasteiger partial charge in [-0.1, -0.05) is 15.9 Å². The molecule has 1 amide bonds. The van der Waals surface area contributed by atoms with Crippen LogP contribution in [0.25, 0.3) is 10.1 Å². The average Bonchev–Trinajstić information content (AvgIpc) is 3.01. The van der Waals surface area contributed by atoms with Crippen LogP contribution in [-0.4, -0.2) is 10.9 Å². The minimum atomic E-state index is -0.155. The molecule has 4 nitrogen and oxygen atoms in total. The van der Waals surface area contributed by atoms with Crippen LogP contribution in [0, 0.1) is 6.92 Å². The highest BCUT2D eigenvalue weighted by atomic mass is 79.9. The van der Waals surface area contributed by atoms with Crippen LogP contribution in [0.4, 0.5) is 5.69 Å². The van der Waals surface area contributed by atoms with E-state index in [-0.39, 0.29) is 5.91 Å². The Labute approximate surface area is 138 Å². The van der Waals surface area contributed by atoms with E-state index < -0.39 is 0 Å². The van der Waals surface area contributed by atoms with Gasteiger partial charge in [0.05, 0.1) is 12.2 Å². The number of halogens is 1. The number of fused-ring (bicyclic) bond motifs is 1. The number of hydrogen-bond donors (Lipinski definition) is 2. The van der Waals surface area contributed by atoms with Crippen LogP contribution in [0.3, 0.4) is 0 Å². The summed E-state index contributed by atoms with van der Waals surface area (Å²) in [7, 11) is 0. The number of aromatic nitrogens is 1. The fourth-order valence-corrected chi connectivity index (χ4v) is 4.08. The summed E-state index contributed by atoms with van der Waals surface area (Å²) in [4.78, 5) is 18.2. The zero-order valence-electron chi connectivity index (χ0n) is 11.1. The summed E-state index contributed by atoms with van der Waals surface area (Å²) in [5.41, 5.74) is 6.63. The van der Waals surface area contributed by atoms with E-state index in [9.17, 15) is 4.79 Å². The number of carbonyl (C=O) groups excluding carboxylic acids is 1. The molecular weight excluding hydrogens is 370 g/mol. The Hall–Kier alpha value is -1.44. The van der Waals surface area contributed by atoms with E-state index in [1.165, 1.54) is 11.3 Å². The van der Waals surface area contributed by atoms with Crippen molar-refractivity contribution in [2.24, 2.45) is 0 Å². The van der Waals surface area contributed by atoms with Crippen molar-refractivity contribution in [3.8, 4) is 0 Å². The fraction of sp³-hybridized carbons (Fsp3) is 0.143. The summed E-state index contributed by atoms with van der Waals surface area (Å²) in [6, 6.07) is 5.84. The lowest BCUT2D eigenvalue weighted by Gasteiger charge is -2.01. The maximum atomic E-state index is 12.3. The number of benzene rings is 1. The molecule has 0 aliphatic rings. The van der Waals surface area contributed by atoms with Crippen LogP contribution in [0.2, 0.25) is 0 Å². The molecule has 2 aromatic heterocycles. The number of rotatable bonds is 3. The predicted octanol–water partition coefficient (Wildman–Crippen LogP) is 3.94. The zero-order chi connectivity index (χ0) is 15.0. The third-order valence-corrected chi connectivity index (χ3v) is 5.56. The van der Waals surface area contributed by atoms with Crippen molar-refractivity contribution >= 4 is 60.3 Å². The highest BCUT2D eigenvalue weighted by molar-refractivity contribution is 9.10. The molecule has 7 heteroatoms. The SMILES string of the molecule is Cc1cnc(CNC(=O)c2sc3ccc(Br)cc3c2N)s1. The molecule has 3 N–H and O–H groups in total. The molecule has 0 atom stereocenters. The van der Waals surface area contributed by atoms with E-state index in [4.69, 9.17) is 5.73 Å². The van der Waals surface area contributed by atoms with Crippen molar-refractivity contribution in [3.63, 3.8) is 0 Å². The number of aryl methyl sites for hydroxylation is 1. The van der Waals surface area contributed by atoms with Crippen LogP contribution in [0.5, 0.6) is 0 Å². The predicted molar refractivity (Wildman–Crippen MR) is 92.0 cm³/mol. The highest BCUT2D eigenvalue weighted by Crippen LogP contribution is 2.35. The Balaban J connectivity index is 1.82. The van der Waals surface area contributed by atoms with E-state index in [0.717, 1.165) is 24.4 Å². The first-order valence-electron chi connectivity index (χ1n) is 6.21. The number of carbonyl (C=O) groups is 1. The molecule has 0 fully saturated rings. The number of amides is 1. The summed E-state index contributed by atoms with van der Waals surface area (Å²) in [5, 5.41) is 4.67. The summed E-state index contributed by atoms with van der Waals surface area (Å²) < 4.78 is 1.95. The topological polar surface area (TPSA) is 68.0 Å². The second-order valence-corrected chi connectivity index (χ2v) is 7.82. The molecule has 2 heterocycles. The van der Waals surface area contributed by atoms with Crippen LogP contribution in [-0.2, 0) is 6.54 Å². The second-order valence-electron chi connectivity index (χ2n) is 4.53. The van der Waals surface area contributed by atoms with Gasteiger partial charge in [-0.25, -0.2) is 4.98 Å². The highest BCUT2D eigenvalue weighted by Gasteiger charge is 2.16. The average molecular weight is 382 g/mol. The molecule has 3 aromatic rings. The summed E-state index contributed by atoms with van der Waals surface area (Å²) in [6.07, 6.45) is 1.80. The van der Waals surface area contributed by atoms with Gasteiger partial charge in [0.25, 0.3) is 5.91 Å². The van der Waals surface area contributed by atoms with Gasteiger partial charge in [-0.15, -0.1) is 22.7 Å². The Morgan fingerprint density at radius 1 is 1.43 bits per heavy atom. The first-order valence-corrected chi connectivity index (χ1v) is 8.64. The molecule has 0 radical (unpaired) electrons. The first kappa shape index (κ1) is 14.5. The first-order chi connectivity index (χ1) is 10.0. The van der Waals surface area contributed by atoms with Gasteiger partial charge in [0.2, 0.25) is 0 Å². The number of anilines is 1. The van der Waals surface area contributed by atoms with E-state index in [2.05, 4.69) is 26.2 Å². The zero-order valence-corrected chi connectivity index (χ0v) is 14.4. The smallest absolute Gasteiger partial charge is 0.263 e. The lowest BCUT2D eigenvalue weighted by atomic mass is 10.2. The van der Waals surface area contributed by atoms with Crippen molar-refractivity contribution in [2.45, 2.75) is 13.5 Å². The molecule has 21 heavy (non-hydrogen) atoms. The summed E-state index contributed by atoms with van der Waals surface area (Å²) in [6.45, 7) is 2.42. The molecule has 0 aliphatic carbocycles. The van der Waals surface area contributed by atoms with E-state index in [1.54, 1.807) is 17.5 Å². The minimum absolute atomic E-state index is 0.155. The standard InChI is InChI=1S/C14H12BrN3OS2/c1-7-5-17-11(20-7)6-18-14(19)13-12(16)9-4-8(15)2-3-10(9)21-13/h2-5H,6,16H2,1H3,(H,18,19). The Bertz CT molecular complexity index is 825. The maximum absolute atomic E-state index is 12.3. The van der Waals surface area contributed by atoms with Crippen molar-refractivity contribution in [1.29, 1.82) is 0 Å². The van der Waals surface area contributed by atoms with Crippen LogP contribution < -0.4 is 11.1 Å². The molecule has 0 aliphatic heterocycles. The number of hydrogen-bond acceptors (Lipinski definition) is 5. The summed E-state index contributed by atoms with van der Waals surface area (Å²) in [5.74, 6) is -0.155. The van der Waals surface area contributed by atoms with E-state index in [1.807, 2.05) is 25.1 Å². The molecule has 1 aromatic carbocycles. The molecule has 0 saturated carbocycles. The number of thiazole rings is 1. The number of nitrogens with zero attached hydrogens (tertiary/aromatic N) is 1. The fourth-order valence-electron chi connectivity index (χ4n) is 1.98. The Morgan fingerprint density at radius 3 is 2.95 bits per heavy atom. The second kappa shape index (κ2) is 5.75. The number of thiophene rings is 1. The molecule has 0 unspecified atom stereocenters. The van der Waals surface area contributed by atoms with Crippen LogP contribution in [0.15, 0.2) is 28.9 Å². The Morgan fingerprint density at radius 2 is 2.24 bits per heavy atom. The lowest BCUT2D eigenvalue weighted by molar-refractivity contribution is 0.0956. The van der Waals surface area contributed by atoms with Crippen molar-refractivity contribution in [3.05, 3.63) is 43.6 Å². The Kier molecular flexibility index (Phi) is 3.97. The monoisotopic (exact) mass is 381 g/mol. The number of nitrogens with one attached hydrogen (secondary N) is 1.